The summed E-state index contributed by atoms with van der Waals surface area (Å²) in [4.78, 5) is 0. The van der Waals surface area contributed by atoms with Gasteiger partial charge in [-0.1, -0.05) is 0 Å². The first-order valence-electron chi connectivity index (χ1n) is 2.61. The van der Waals surface area contributed by atoms with Crippen LogP contribution in [0.5, 0.6) is 17.2 Å². The van der Waals surface area contributed by atoms with E-state index in [0.29, 0.717) is 0 Å². The normalized spacial score (nSPS) is 9.60. The van der Waals surface area contributed by atoms with Gasteiger partial charge in [0.2, 0.25) is 0 Å². The first-order chi connectivity index (χ1) is 4.61. The summed E-state index contributed by atoms with van der Waals surface area (Å²) < 4.78 is 0. The van der Waals surface area contributed by atoms with Crippen LogP contribution in [0.25, 0.3) is 0 Å². The summed E-state index contributed by atoms with van der Waals surface area (Å²) in [6.45, 7) is 0. The van der Waals surface area contributed by atoms with Gasteiger partial charge in [0.25, 0.3) is 0 Å². The summed E-state index contributed by atoms with van der Waals surface area (Å²) in [6, 6.07) is 2.05. The summed E-state index contributed by atoms with van der Waals surface area (Å²) in [5.74, 6) is -0.961. The minimum Gasteiger partial charge on any atom is -0.506 e. The molecule has 0 saturated carbocycles. The van der Waals surface area contributed by atoms with Gasteiger partial charge >= 0.3 is 0 Å². The number of rotatable bonds is 0. The number of phenolic OH excluding ortho intramolecular Hbond substituents is 3. The molecule has 0 aromatic heterocycles. The Hall–Kier alpha value is -1.58. The number of phenols is 3. The molecule has 5 N–H and O–H groups in total. The number of anilines is 1. The molecule has 0 atom stereocenters. The zero-order valence-corrected chi connectivity index (χ0v) is 5.07. The Kier molecular flexibility index (Phi) is 1.30. The second-order valence-corrected chi connectivity index (χ2v) is 1.90. The molecule has 0 aliphatic heterocycles. The third-order valence-corrected chi connectivity index (χ3v) is 1.12. The van der Waals surface area contributed by atoms with Crippen LogP contribution >= 0.6 is 0 Å². The lowest BCUT2D eigenvalue weighted by atomic mass is 10.2. The van der Waals surface area contributed by atoms with Crippen LogP contribution < -0.4 is 5.73 Å². The predicted molar refractivity (Wildman–Crippen MR) is 35.8 cm³/mol. The van der Waals surface area contributed by atoms with E-state index in [1.165, 1.54) is 0 Å². The van der Waals surface area contributed by atoms with Crippen LogP contribution in [0.2, 0.25) is 0 Å². The molecule has 1 aromatic rings. The van der Waals surface area contributed by atoms with Gasteiger partial charge in [0.1, 0.15) is 5.75 Å². The maximum Gasteiger partial charge on any atom is 0.161 e. The van der Waals surface area contributed by atoms with Crippen molar-refractivity contribution in [1.82, 2.24) is 0 Å². The smallest absolute Gasteiger partial charge is 0.161 e. The van der Waals surface area contributed by atoms with E-state index in [1.54, 1.807) is 0 Å². The minimum absolute atomic E-state index is 0.0373. The fourth-order valence-electron chi connectivity index (χ4n) is 0.582. The number of aromatic hydroxyl groups is 3. The van der Waals surface area contributed by atoms with Gasteiger partial charge in [-0.25, -0.2) is 0 Å². The number of benzene rings is 1. The van der Waals surface area contributed by atoms with Crippen molar-refractivity contribution < 1.29 is 15.3 Å². The van der Waals surface area contributed by atoms with Crippen LogP contribution in [0, 0.1) is 0 Å². The van der Waals surface area contributed by atoms with Crippen LogP contribution in [0.3, 0.4) is 0 Å². The summed E-state index contributed by atoms with van der Waals surface area (Å²) >= 11 is 0. The van der Waals surface area contributed by atoms with Crippen molar-refractivity contribution in [3.8, 4) is 17.2 Å². The highest BCUT2D eigenvalue weighted by Gasteiger charge is 2.02. The molecule has 0 aliphatic rings. The zero-order chi connectivity index (χ0) is 7.72. The second-order valence-electron chi connectivity index (χ2n) is 1.90. The molecule has 10 heavy (non-hydrogen) atoms. The maximum atomic E-state index is 8.83. The predicted octanol–water partition coefficient (Wildman–Crippen LogP) is 0.386. The Morgan fingerprint density at radius 3 is 1.90 bits per heavy atom. The first-order valence-corrected chi connectivity index (χ1v) is 2.61. The molecule has 0 unspecified atom stereocenters. The Balaban J connectivity index is 3.28. The van der Waals surface area contributed by atoms with E-state index in [1.807, 2.05) is 0 Å². The average molecular weight is 141 g/mol. The summed E-state index contributed by atoms with van der Waals surface area (Å²) in [5.41, 5.74) is 5.21. The van der Waals surface area contributed by atoms with Crippen LogP contribution in [0.4, 0.5) is 5.69 Å². The third kappa shape index (κ3) is 0.907. The van der Waals surface area contributed by atoms with Gasteiger partial charge in [0.05, 0.1) is 5.69 Å². The molecule has 4 nitrogen and oxygen atoms in total. The van der Waals surface area contributed by atoms with E-state index in [2.05, 4.69) is 0 Å². The van der Waals surface area contributed by atoms with Gasteiger partial charge in [-0.2, -0.15) is 0 Å². The van der Waals surface area contributed by atoms with E-state index in [4.69, 9.17) is 21.1 Å². The minimum atomic E-state index is -0.383. The van der Waals surface area contributed by atoms with Crippen LogP contribution in [0.15, 0.2) is 12.1 Å². The lowest BCUT2D eigenvalue weighted by Gasteiger charge is -2.00. The second kappa shape index (κ2) is 1.98. The molecule has 0 spiro atoms. The largest absolute Gasteiger partial charge is 0.506 e. The van der Waals surface area contributed by atoms with Gasteiger partial charge in [-0.05, 0) is 0 Å². The molecule has 0 aliphatic carbocycles. The van der Waals surface area contributed by atoms with E-state index < -0.39 is 0 Å². The van der Waals surface area contributed by atoms with Crippen molar-refractivity contribution in [3.05, 3.63) is 12.1 Å². The van der Waals surface area contributed by atoms with Gasteiger partial charge < -0.3 is 21.1 Å². The number of nitrogen functional groups attached to an aromatic ring is 1. The van der Waals surface area contributed by atoms with Crippen molar-refractivity contribution in [2.45, 2.75) is 0 Å². The van der Waals surface area contributed by atoms with Gasteiger partial charge in [-0.3, -0.25) is 0 Å². The molecular formula is C6H7NO3. The van der Waals surface area contributed by atoms with Gasteiger partial charge in [-0.15, -0.1) is 0 Å². The van der Waals surface area contributed by atoms with Crippen molar-refractivity contribution in [3.63, 3.8) is 0 Å². The fraction of sp³-hybridized carbons (Fsp3) is 0. The molecule has 0 heterocycles. The number of hydrogen-bond donors (Lipinski definition) is 4. The molecule has 0 fully saturated rings. The Bertz CT molecular complexity index is 209. The Morgan fingerprint density at radius 2 is 1.40 bits per heavy atom. The Morgan fingerprint density at radius 1 is 0.900 bits per heavy atom. The quantitative estimate of drug-likeness (QED) is 0.239. The third-order valence-electron chi connectivity index (χ3n) is 1.12. The molecule has 0 radical (unpaired) electrons. The molecule has 0 amide bonds. The summed E-state index contributed by atoms with van der Waals surface area (Å²) in [6.07, 6.45) is 0. The Labute approximate surface area is 57.2 Å². The van der Waals surface area contributed by atoms with Crippen molar-refractivity contribution >= 4 is 5.69 Å². The molecular weight excluding hydrogens is 134 g/mol. The number of nitrogens with two attached hydrogens (primary N) is 1. The highest BCUT2D eigenvalue weighted by atomic mass is 16.3. The van der Waals surface area contributed by atoms with E-state index in [-0.39, 0.29) is 22.9 Å². The van der Waals surface area contributed by atoms with Crippen molar-refractivity contribution in [2.24, 2.45) is 0 Å². The molecule has 4 heteroatoms. The van der Waals surface area contributed by atoms with Crippen LogP contribution in [-0.2, 0) is 0 Å². The molecule has 54 valence electrons. The van der Waals surface area contributed by atoms with Crippen LogP contribution in [-0.4, -0.2) is 15.3 Å². The summed E-state index contributed by atoms with van der Waals surface area (Å²) in [7, 11) is 0. The average Bonchev–Trinajstić information content (AvgIpc) is 1.84. The zero-order valence-electron chi connectivity index (χ0n) is 5.07. The standard InChI is InChI=1S/C6H7NO3/c7-3-1-5(9)6(10)2-4(3)8/h1-2,8-10H,7H2. The molecule has 0 saturated heterocycles. The fourth-order valence-corrected chi connectivity index (χ4v) is 0.582. The monoisotopic (exact) mass is 141 g/mol. The SMILES string of the molecule is Nc1cc(O)c(O)cc1O. The number of hydrogen-bond acceptors (Lipinski definition) is 4. The van der Waals surface area contributed by atoms with E-state index in [9.17, 15) is 0 Å². The highest BCUT2D eigenvalue weighted by molar-refractivity contribution is 5.60. The van der Waals surface area contributed by atoms with Crippen molar-refractivity contribution in [2.75, 3.05) is 5.73 Å². The van der Waals surface area contributed by atoms with E-state index in [0.717, 1.165) is 12.1 Å². The molecule has 0 bridgehead atoms. The maximum absolute atomic E-state index is 8.83. The summed E-state index contributed by atoms with van der Waals surface area (Å²) in [5, 5.41) is 26.4. The van der Waals surface area contributed by atoms with Gasteiger partial charge in [0, 0.05) is 12.1 Å². The topological polar surface area (TPSA) is 86.7 Å². The highest BCUT2D eigenvalue weighted by Crippen LogP contribution is 2.33. The lowest BCUT2D eigenvalue weighted by Crippen LogP contribution is -1.84. The molecule has 1 rings (SSSR count). The van der Waals surface area contributed by atoms with Crippen LogP contribution in [0.1, 0.15) is 0 Å². The van der Waals surface area contributed by atoms with E-state index >= 15 is 0 Å². The molecule has 1 aromatic carbocycles. The van der Waals surface area contributed by atoms with Crippen molar-refractivity contribution in [1.29, 1.82) is 0 Å². The first kappa shape index (κ1) is 6.54. The van der Waals surface area contributed by atoms with Gasteiger partial charge in [0.15, 0.2) is 11.5 Å². The lowest BCUT2D eigenvalue weighted by molar-refractivity contribution is 0.397.